The molecule has 104 valence electrons. The number of hydrogen-bond donors (Lipinski definition) is 2. The Morgan fingerprint density at radius 1 is 1.32 bits per heavy atom. The van der Waals surface area contributed by atoms with E-state index in [1.54, 1.807) is 11.8 Å². The third-order valence-electron chi connectivity index (χ3n) is 3.69. The van der Waals surface area contributed by atoms with Gasteiger partial charge in [0, 0.05) is 17.3 Å². The van der Waals surface area contributed by atoms with Crippen LogP contribution in [0, 0.1) is 0 Å². The van der Waals surface area contributed by atoms with Crippen molar-refractivity contribution >= 4 is 35.8 Å². The number of fused-ring (bicyclic) bond motifs is 1. The molecule has 5 heteroatoms. The first-order valence-electron chi connectivity index (χ1n) is 6.57. The summed E-state index contributed by atoms with van der Waals surface area (Å²) in [6, 6.07) is 6.24. The van der Waals surface area contributed by atoms with E-state index in [-0.39, 0.29) is 24.4 Å². The van der Waals surface area contributed by atoms with Crippen molar-refractivity contribution in [3.63, 3.8) is 0 Å². The number of benzene rings is 1. The Labute approximate surface area is 124 Å². The van der Waals surface area contributed by atoms with Gasteiger partial charge in [-0.2, -0.15) is 0 Å². The second-order valence-electron chi connectivity index (χ2n) is 4.91. The Kier molecular flexibility index (Phi) is 5.13. The summed E-state index contributed by atoms with van der Waals surface area (Å²) in [5.41, 5.74) is 3.78. The van der Waals surface area contributed by atoms with E-state index in [4.69, 9.17) is 0 Å². The normalized spacial score (nSPS) is 21.4. The number of hydrogen-bond acceptors (Lipinski definition) is 3. The lowest BCUT2D eigenvalue weighted by molar-refractivity contribution is -0.117. The minimum atomic E-state index is -0.0329. The van der Waals surface area contributed by atoms with Gasteiger partial charge in [-0.15, -0.1) is 24.2 Å². The standard InChI is InChI=1S/C14H18N2OS.ClH/c17-14(13-8-18-9-15-13)16-12-7-3-5-10-4-1-2-6-11(10)12;/h3,5,7,13,15H,1-2,4,6,8-9H2,(H,16,17);1H. The molecule has 1 heterocycles. The average Bonchev–Trinajstić information content (AvgIpc) is 2.93. The van der Waals surface area contributed by atoms with E-state index in [9.17, 15) is 4.79 Å². The Bertz CT molecular complexity index is 461. The summed E-state index contributed by atoms with van der Waals surface area (Å²) in [5, 5.41) is 6.30. The SMILES string of the molecule is Cl.O=C(Nc1cccc2c1CCCC2)C1CSCN1. The molecule has 3 nitrogen and oxygen atoms in total. The van der Waals surface area contributed by atoms with E-state index in [1.165, 1.54) is 24.0 Å². The predicted molar refractivity (Wildman–Crippen MR) is 83.2 cm³/mol. The summed E-state index contributed by atoms with van der Waals surface area (Å²) in [4.78, 5) is 12.1. The Balaban J connectivity index is 0.00000133. The first-order chi connectivity index (χ1) is 8.84. The molecule has 2 N–H and O–H groups in total. The third kappa shape index (κ3) is 3.25. The van der Waals surface area contributed by atoms with Crippen molar-refractivity contribution in [3.8, 4) is 0 Å². The van der Waals surface area contributed by atoms with Crippen LogP contribution in [0.2, 0.25) is 0 Å². The van der Waals surface area contributed by atoms with E-state index < -0.39 is 0 Å². The molecule has 1 aliphatic carbocycles. The molecular weight excluding hydrogens is 280 g/mol. The summed E-state index contributed by atoms with van der Waals surface area (Å²) in [5.74, 6) is 1.87. The fraction of sp³-hybridized carbons (Fsp3) is 0.500. The van der Waals surface area contributed by atoms with Gasteiger partial charge in [0.2, 0.25) is 5.91 Å². The zero-order chi connectivity index (χ0) is 12.4. The smallest absolute Gasteiger partial charge is 0.242 e. The molecule has 1 saturated heterocycles. The van der Waals surface area contributed by atoms with Gasteiger partial charge in [-0.05, 0) is 42.9 Å². The maximum Gasteiger partial charge on any atom is 0.242 e. The van der Waals surface area contributed by atoms with Gasteiger partial charge in [-0.3, -0.25) is 10.1 Å². The fourth-order valence-corrected chi connectivity index (χ4v) is 3.62. The molecule has 0 bridgehead atoms. The van der Waals surface area contributed by atoms with Gasteiger partial charge < -0.3 is 5.32 Å². The number of anilines is 1. The molecule has 0 aromatic heterocycles. The van der Waals surface area contributed by atoms with Crippen LogP contribution in [0.25, 0.3) is 0 Å². The number of carbonyl (C=O) groups excluding carboxylic acids is 1. The van der Waals surface area contributed by atoms with Crippen molar-refractivity contribution in [3.05, 3.63) is 29.3 Å². The first-order valence-corrected chi connectivity index (χ1v) is 7.73. The second-order valence-corrected chi connectivity index (χ2v) is 5.94. The molecule has 1 aromatic rings. The van der Waals surface area contributed by atoms with Crippen molar-refractivity contribution < 1.29 is 4.79 Å². The average molecular weight is 299 g/mol. The molecule has 19 heavy (non-hydrogen) atoms. The molecule has 1 aromatic carbocycles. The highest BCUT2D eigenvalue weighted by molar-refractivity contribution is 7.99. The van der Waals surface area contributed by atoms with Gasteiger partial charge in [-0.1, -0.05) is 12.1 Å². The van der Waals surface area contributed by atoms with Gasteiger partial charge in [0.15, 0.2) is 0 Å². The quantitative estimate of drug-likeness (QED) is 0.882. The minimum Gasteiger partial charge on any atom is -0.324 e. The van der Waals surface area contributed by atoms with Crippen molar-refractivity contribution in [1.29, 1.82) is 0 Å². The van der Waals surface area contributed by atoms with Gasteiger partial charge >= 0.3 is 0 Å². The lowest BCUT2D eigenvalue weighted by atomic mass is 9.90. The Morgan fingerprint density at radius 3 is 2.95 bits per heavy atom. The van der Waals surface area contributed by atoms with Crippen LogP contribution in [-0.2, 0) is 17.6 Å². The molecule has 3 rings (SSSR count). The number of amides is 1. The van der Waals surface area contributed by atoms with Gasteiger partial charge in [0.05, 0.1) is 6.04 Å². The zero-order valence-electron chi connectivity index (χ0n) is 10.8. The van der Waals surface area contributed by atoms with Crippen LogP contribution in [0.3, 0.4) is 0 Å². The van der Waals surface area contributed by atoms with E-state index in [0.29, 0.717) is 0 Å². The maximum absolute atomic E-state index is 12.1. The summed E-state index contributed by atoms with van der Waals surface area (Å²) in [7, 11) is 0. The van der Waals surface area contributed by atoms with E-state index in [2.05, 4.69) is 22.8 Å². The van der Waals surface area contributed by atoms with Crippen LogP contribution in [0.4, 0.5) is 5.69 Å². The van der Waals surface area contributed by atoms with Gasteiger partial charge in [0.25, 0.3) is 0 Å². The molecule has 0 saturated carbocycles. The number of nitrogens with one attached hydrogen (secondary N) is 2. The van der Waals surface area contributed by atoms with Crippen LogP contribution in [0.5, 0.6) is 0 Å². The first kappa shape index (κ1) is 14.7. The molecule has 0 spiro atoms. The largest absolute Gasteiger partial charge is 0.324 e. The number of halogens is 1. The molecule has 0 radical (unpaired) electrons. The predicted octanol–water partition coefficient (Wildman–Crippen LogP) is 2.59. The lowest BCUT2D eigenvalue weighted by Gasteiger charge is -2.20. The van der Waals surface area contributed by atoms with Crippen LogP contribution < -0.4 is 10.6 Å². The molecule has 2 aliphatic rings. The number of aryl methyl sites for hydroxylation is 1. The highest BCUT2D eigenvalue weighted by Gasteiger charge is 2.23. The minimum absolute atomic E-state index is 0. The number of rotatable bonds is 2. The monoisotopic (exact) mass is 298 g/mol. The summed E-state index contributed by atoms with van der Waals surface area (Å²) in [6.07, 6.45) is 4.75. The highest BCUT2D eigenvalue weighted by atomic mass is 35.5. The van der Waals surface area contributed by atoms with Crippen LogP contribution in [-0.4, -0.2) is 23.6 Å². The number of thioether (sulfide) groups is 1. The fourth-order valence-electron chi connectivity index (χ4n) is 2.68. The second kappa shape index (κ2) is 6.64. The zero-order valence-corrected chi connectivity index (χ0v) is 12.4. The van der Waals surface area contributed by atoms with Crippen LogP contribution in [0.1, 0.15) is 24.0 Å². The topological polar surface area (TPSA) is 41.1 Å². The summed E-state index contributed by atoms with van der Waals surface area (Å²) in [6.45, 7) is 0. The molecule has 1 fully saturated rings. The molecule has 1 atom stereocenters. The Hall–Kier alpha value is -0.710. The van der Waals surface area contributed by atoms with Crippen molar-refractivity contribution in [2.45, 2.75) is 31.7 Å². The maximum atomic E-state index is 12.1. The molecule has 1 unspecified atom stereocenters. The third-order valence-corrected chi connectivity index (χ3v) is 4.63. The molecular formula is C14H19ClN2OS. The van der Waals surface area contributed by atoms with Crippen LogP contribution in [0.15, 0.2) is 18.2 Å². The van der Waals surface area contributed by atoms with E-state index in [0.717, 1.165) is 30.2 Å². The van der Waals surface area contributed by atoms with Gasteiger partial charge in [-0.25, -0.2) is 0 Å². The molecule has 1 aliphatic heterocycles. The Morgan fingerprint density at radius 2 is 2.16 bits per heavy atom. The van der Waals surface area contributed by atoms with Crippen molar-refractivity contribution in [2.75, 3.05) is 16.9 Å². The van der Waals surface area contributed by atoms with Gasteiger partial charge in [0.1, 0.15) is 0 Å². The summed E-state index contributed by atoms with van der Waals surface area (Å²) < 4.78 is 0. The van der Waals surface area contributed by atoms with E-state index >= 15 is 0 Å². The molecule has 1 amide bonds. The number of carbonyl (C=O) groups is 1. The van der Waals surface area contributed by atoms with Crippen molar-refractivity contribution in [1.82, 2.24) is 5.32 Å². The van der Waals surface area contributed by atoms with E-state index in [1.807, 2.05) is 6.07 Å². The highest BCUT2D eigenvalue weighted by Crippen LogP contribution is 2.28. The summed E-state index contributed by atoms with van der Waals surface area (Å²) >= 11 is 1.78. The van der Waals surface area contributed by atoms with Crippen molar-refractivity contribution in [2.24, 2.45) is 0 Å². The van der Waals surface area contributed by atoms with Crippen LogP contribution >= 0.6 is 24.2 Å². The lowest BCUT2D eigenvalue weighted by Crippen LogP contribution is -2.37.